The lowest BCUT2D eigenvalue weighted by molar-refractivity contribution is -0.125. The van der Waals surface area contributed by atoms with Crippen LogP contribution in [-0.2, 0) is 33.8 Å². The maximum Gasteiger partial charge on any atom is 0.258 e. The highest BCUT2D eigenvalue weighted by Gasteiger charge is 2.33. The van der Waals surface area contributed by atoms with E-state index in [2.05, 4.69) is 16.0 Å². The van der Waals surface area contributed by atoms with Crippen LogP contribution in [0.15, 0.2) is 66.7 Å². The zero-order valence-corrected chi connectivity index (χ0v) is 26.4. The molecule has 4 bridgehead atoms. The summed E-state index contributed by atoms with van der Waals surface area (Å²) in [6, 6.07) is 20.5. The number of nitrogens with zero attached hydrogens (tertiary/aromatic N) is 1. The van der Waals surface area contributed by atoms with Crippen molar-refractivity contribution in [3.63, 3.8) is 0 Å². The van der Waals surface area contributed by atoms with Gasteiger partial charge in [-0.15, -0.1) is 0 Å². The van der Waals surface area contributed by atoms with E-state index in [4.69, 9.17) is 18.9 Å². The molecule has 11 heteroatoms. The number of hydrogen-bond acceptors (Lipinski definition) is 8. The van der Waals surface area contributed by atoms with Crippen LogP contribution in [0.1, 0.15) is 29.5 Å². The van der Waals surface area contributed by atoms with Gasteiger partial charge < -0.3 is 34.9 Å². The first kappa shape index (κ1) is 32.6. The number of fused-ring (bicyclic) bond motifs is 9. The fraction of sp³-hybridized carbons (Fsp3) is 0.400. The number of methoxy groups -OCH3 is 2. The molecule has 6 rings (SSSR count). The van der Waals surface area contributed by atoms with Crippen molar-refractivity contribution in [3.8, 4) is 23.0 Å². The maximum atomic E-state index is 13.2. The van der Waals surface area contributed by atoms with Crippen LogP contribution in [-0.4, -0.2) is 81.8 Å². The Morgan fingerprint density at radius 2 is 1.80 bits per heavy atom. The lowest BCUT2D eigenvalue weighted by Gasteiger charge is -2.38. The summed E-state index contributed by atoms with van der Waals surface area (Å²) in [5.41, 5.74) is 2.86. The molecular weight excluding hydrogens is 588 g/mol. The molecule has 46 heavy (non-hydrogen) atoms. The van der Waals surface area contributed by atoms with Gasteiger partial charge in [0.2, 0.25) is 11.8 Å². The number of rotatable bonds is 7. The van der Waals surface area contributed by atoms with Gasteiger partial charge in [0, 0.05) is 44.2 Å². The fourth-order valence-corrected chi connectivity index (χ4v) is 5.71. The Morgan fingerprint density at radius 1 is 0.978 bits per heavy atom. The molecule has 3 aromatic rings. The molecule has 2 atom stereocenters. The third-order valence-corrected chi connectivity index (χ3v) is 8.18. The predicted octanol–water partition coefficient (Wildman–Crippen LogP) is 2.64. The van der Waals surface area contributed by atoms with Crippen molar-refractivity contribution < 1.29 is 33.3 Å². The van der Waals surface area contributed by atoms with Gasteiger partial charge >= 0.3 is 0 Å². The van der Waals surface area contributed by atoms with Gasteiger partial charge in [-0.05, 0) is 54.7 Å². The minimum atomic E-state index is -0.415. The van der Waals surface area contributed by atoms with Gasteiger partial charge in [-0.1, -0.05) is 36.4 Å². The molecule has 1 saturated heterocycles. The van der Waals surface area contributed by atoms with E-state index in [1.54, 1.807) is 25.3 Å². The van der Waals surface area contributed by atoms with E-state index in [0.717, 1.165) is 23.1 Å². The van der Waals surface area contributed by atoms with Crippen LogP contribution >= 0.6 is 0 Å². The topological polar surface area (TPSA) is 127 Å². The number of carbonyl (C=O) groups is 3. The molecule has 3 amide bonds. The molecule has 0 unspecified atom stereocenters. The number of ether oxygens (including phenoxy) is 4. The highest BCUT2D eigenvalue weighted by Crippen LogP contribution is 2.30. The smallest absolute Gasteiger partial charge is 0.258 e. The van der Waals surface area contributed by atoms with Gasteiger partial charge in [-0.3, -0.25) is 19.3 Å². The molecule has 11 nitrogen and oxygen atoms in total. The number of hydrogen-bond donors (Lipinski definition) is 3. The van der Waals surface area contributed by atoms with E-state index in [1.165, 1.54) is 7.11 Å². The van der Waals surface area contributed by atoms with Crippen molar-refractivity contribution >= 4 is 17.7 Å². The Bertz CT molecular complexity index is 1500. The summed E-state index contributed by atoms with van der Waals surface area (Å²) in [7, 11) is 3.11. The molecule has 0 spiro atoms. The molecule has 244 valence electrons. The lowest BCUT2D eigenvalue weighted by Crippen LogP contribution is -2.58. The van der Waals surface area contributed by atoms with Crippen molar-refractivity contribution in [3.05, 3.63) is 83.4 Å². The minimum Gasteiger partial charge on any atom is -0.496 e. The third-order valence-electron chi connectivity index (χ3n) is 8.18. The van der Waals surface area contributed by atoms with E-state index in [9.17, 15) is 14.4 Å². The minimum absolute atomic E-state index is 0.0690. The van der Waals surface area contributed by atoms with E-state index in [0.29, 0.717) is 62.0 Å². The van der Waals surface area contributed by atoms with Gasteiger partial charge in [0.1, 0.15) is 17.6 Å². The molecule has 3 heterocycles. The average Bonchev–Trinajstić information content (AvgIpc) is 3.07. The van der Waals surface area contributed by atoms with Gasteiger partial charge in [0.05, 0.1) is 26.8 Å². The Hall–Kier alpha value is -4.77. The first-order valence-corrected chi connectivity index (χ1v) is 15.6. The molecule has 3 aliphatic heterocycles. The van der Waals surface area contributed by atoms with E-state index in [1.807, 2.05) is 53.4 Å². The molecule has 3 aromatic carbocycles. The molecule has 1 fully saturated rings. The van der Waals surface area contributed by atoms with Gasteiger partial charge in [0.25, 0.3) is 5.91 Å². The summed E-state index contributed by atoms with van der Waals surface area (Å²) >= 11 is 0. The first-order valence-electron chi connectivity index (χ1n) is 15.6. The number of aryl methyl sites for hydroxylation is 1. The highest BCUT2D eigenvalue weighted by molar-refractivity contribution is 5.79. The van der Waals surface area contributed by atoms with Gasteiger partial charge in [-0.2, -0.15) is 0 Å². The zero-order valence-electron chi connectivity index (χ0n) is 26.4. The molecular formula is C35H42N4O7. The standard InChI is InChI=1S/C35H42N4O7/c1-43-30-12-8-25-9-13-33(40)37-20-26-10-11-27(19-31(26)44-2)46-29-15-17-39(21-28(29)38-35(42)23-45-32(30)18-25)22-34(41)36-16-14-24-6-4-3-5-7-24/h3-8,10-12,18-19,28-29H,9,13-17,20-23H2,1-2H3,(H,36,41)(H,37,40)(H,38,42)/t28-,29+/m1/s1. The predicted molar refractivity (Wildman–Crippen MR) is 172 cm³/mol. The van der Waals surface area contributed by atoms with Crippen LogP contribution in [0.25, 0.3) is 0 Å². The first-order chi connectivity index (χ1) is 22.4. The van der Waals surface area contributed by atoms with Crippen LogP contribution < -0.4 is 34.9 Å². The number of likely N-dealkylation sites (tertiary alicyclic amines) is 1. The molecule has 0 saturated carbocycles. The van der Waals surface area contributed by atoms with Crippen LogP contribution in [0.2, 0.25) is 0 Å². The van der Waals surface area contributed by atoms with E-state index >= 15 is 0 Å². The number of nitrogens with one attached hydrogen (secondary N) is 3. The van der Waals surface area contributed by atoms with Gasteiger partial charge in [0.15, 0.2) is 18.1 Å². The lowest BCUT2D eigenvalue weighted by atomic mass is 10.0. The van der Waals surface area contributed by atoms with Crippen LogP contribution in [0, 0.1) is 0 Å². The second kappa shape index (κ2) is 16.0. The Morgan fingerprint density at radius 3 is 2.61 bits per heavy atom. The summed E-state index contributed by atoms with van der Waals surface area (Å²) in [5.74, 6) is 1.58. The normalized spacial score (nSPS) is 19.1. The maximum absolute atomic E-state index is 13.2. The third kappa shape index (κ3) is 9.13. The van der Waals surface area contributed by atoms with Crippen molar-refractivity contribution in [2.75, 3.05) is 47.0 Å². The zero-order chi connectivity index (χ0) is 32.3. The van der Waals surface area contributed by atoms with Crippen molar-refractivity contribution in [2.24, 2.45) is 0 Å². The van der Waals surface area contributed by atoms with E-state index < -0.39 is 6.04 Å². The number of benzene rings is 3. The number of carbonyl (C=O) groups excluding carboxylic acids is 3. The Kier molecular flexibility index (Phi) is 11.3. The molecule has 0 aromatic heterocycles. The fourth-order valence-electron chi connectivity index (χ4n) is 5.71. The second-order valence-electron chi connectivity index (χ2n) is 11.5. The molecule has 3 N–H and O–H groups in total. The summed E-state index contributed by atoms with van der Waals surface area (Å²) in [5, 5.41) is 9.05. The Labute approximate surface area is 269 Å². The summed E-state index contributed by atoms with van der Waals surface area (Å²) in [6.45, 7) is 1.86. The second-order valence-corrected chi connectivity index (χ2v) is 11.5. The summed E-state index contributed by atoms with van der Waals surface area (Å²) in [4.78, 5) is 40.7. The quantitative estimate of drug-likeness (QED) is 0.364. The monoisotopic (exact) mass is 630 g/mol. The Balaban J connectivity index is 1.30. The highest BCUT2D eigenvalue weighted by atomic mass is 16.5. The largest absolute Gasteiger partial charge is 0.496 e. The van der Waals surface area contributed by atoms with Crippen molar-refractivity contribution in [1.29, 1.82) is 0 Å². The van der Waals surface area contributed by atoms with Crippen LogP contribution in [0.4, 0.5) is 0 Å². The molecule has 0 radical (unpaired) electrons. The average molecular weight is 631 g/mol. The van der Waals surface area contributed by atoms with Gasteiger partial charge in [-0.25, -0.2) is 0 Å². The summed E-state index contributed by atoms with van der Waals surface area (Å²) in [6.07, 6.45) is 1.74. The van der Waals surface area contributed by atoms with Crippen molar-refractivity contribution in [1.82, 2.24) is 20.9 Å². The molecule has 0 aliphatic carbocycles. The number of amides is 3. The van der Waals surface area contributed by atoms with E-state index in [-0.39, 0.29) is 43.4 Å². The molecule has 3 aliphatic rings. The number of piperidine rings is 1. The van der Waals surface area contributed by atoms with Crippen LogP contribution in [0.5, 0.6) is 23.0 Å². The van der Waals surface area contributed by atoms with Crippen molar-refractivity contribution in [2.45, 2.75) is 44.4 Å². The summed E-state index contributed by atoms with van der Waals surface area (Å²) < 4.78 is 23.4. The SMILES string of the molecule is COc1cc2ccc1CNC(=O)CCc1ccc(OC)c(c1)OCC(=O)N[C@@H]1CN(CC(=O)NCCc3ccccc3)CC[C@@H]1O2. The van der Waals surface area contributed by atoms with Crippen LogP contribution in [0.3, 0.4) is 0 Å².